The summed E-state index contributed by atoms with van der Waals surface area (Å²) in [6.07, 6.45) is 4.42. The number of amides is 2. The van der Waals surface area contributed by atoms with E-state index >= 15 is 0 Å². The van der Waals surface area contributed by atoms with Crippen molar-refractivity contribution in [3.8, 4) is 0 Å². The van der Waals surface area contributed by atoms with E-state index in [-0.39, 0.29) is 29.5 Å². The summed E-state index contributed by atoms with van der Waals surface area (Å²) in [5, 5.41) is 2.90. The maximum atomic E-state index is 12.4. The third kappa shape index (κ3) is 3.97. The maximum absolute atomic E-state index is 12.4. The van der Waals surface area contributed by atoms with Crippen LogP contribution in [0.4, 0.5) is 4.79 Å². The lowest BCUT2D eigenvalue weighted by Crippen LogP contribution is -2.43. The van der Waals surface area contributed by atoms with Crippen LogP contribution in [0, 0.1) is 5.92 Å². The summed E-state index contributed by atoms with van der Waals surface area (Å²) in [6, 6.07) is 5.85. The number of sulfone groups is 1. The molecule has 1 aromatic rings. The standard InChI is InChI=1S/C15H21N3O3S/c19-15(17-9-12-6-8-22(20,21)11-12)18(14-4-5-14)10-13-3-1-2-7-16-13/h1-3,7,12,14H,4-6,8-11H2,(H,17,19). The summed E-state index contributed by atoms with van der Waals surface area (Å²) >= 11 is 0. The van der Waals surface area contributed by atoms with Gasteiger partial charge in [0.05, 0.1) is 23.7 Å². The van der Waals surface area contributed by atoms with E-state index in [0.717, 1.165) is 18.5 Å². The molecule has 1 saturated heterocycles. The monoisotopic (exact) mass is 323 g/mol. The van der Waals surface area contributed by atoms with Gasteiger partial charge in [-0.3, -0.25) is 4.98 Å². The van der Waals surface area contributed by atoms with Gasteiger partial charge >= 0.3 is 6.03 Å². The number of nitrogens with one attached hydrogen (secondary N) is 1. The van der Waals surface area contributed by atoms with Crippen LogP contribution in [0.3, 0.4) is 0 Å². The van der Waals surface area contributed by atoms with Crippen LogP contribution < -0.4 is 5.32 Å². The lowest BCUT2D eigenvalue weighted by Gasteiger charge is -2.23. The molecule has 6 nitrogen and oxygen atoms in total. The van der Waals surface area contributed by atoms with E-state index in [9.17, 15) is 13.2 Å². The first-order valence-electron chi connectivity index (χ1n) is 7.68. The number of aromatic nitrogens is 1. The molecule has 2 aliphatic rings. The highest BCUT2D eigenvalue weighted by Gasteiger charge is 2.34. The van der Waals surface area contributed by atoms with Gasteiger partial charge in [0.1, 0.15) is 0 Å². The van der Waals surface area contributed by atoms with Crippen molar-refractivity contribution in [2.45, 2.75) is 31.8 Å². The minimum Gasteiger partial charge on any atom is -0.338 e. The second-order valence-electron chi connectivity index (χ2n) is 6.14. The van der Waals surface area contributed by atoms with Crippen LogP contribution in [-0.4, -0.2) is 48.4 Å². The van der Waals surface area contributed by atoms with Crippen LogP contribution in [0.1, 0.15) is 25.0 Å². The van der Waals surface area contributed by atoms with E-state index in [1.807, 2.05) is 23.1 Å². The second-order valence-corrected chi connectivity index (χ2v) is 8.36. The Hall–Kier alpha value is -1.63. The molecule has 1 unspecified atom stereocenters. The Labute approximate surface area is 130 Å². The van der Waals surface area contributed by atoms with E-state index in [1.165, 1.54) is 0 Å². The minimum atomic E-state index is -2.89. The summed E-state index contributed by atoms with van der Waals surface area (Å²) in [4.78, 5) is 18.5. The van der Waals surface area contributed by atoms with Crippen LogP contribution in [0.2, 0.25) is 0 Å². The number of hydrogen-bond donors (Lipinski definition) is 1. The van der Waals surface area contributed by atoms with Gasteiger partial charge in [-0.15, -0.1) is 0 Å². The molecule has 2 fully saturated rings. The van der Waals surface area contributed by atoms with E-state index in [4.69, 9.17) is 0 Å². The molecule has 0 spiro atoms. The molecule has 7 heteroatoms. The SMILES string of the molecule is O=C(NCC1CCS(=O)(=O)C1)N(Cc1ccccn1)C1CC1. The molecule has 3 rings (SSSR count). The number of rotatable bonds is 5. The van der Waals surface area contributed by atoms with Crippen molar-refractivity contribution in [2.24, 2.45) is 5.92 Å². The fraction of sp³-hybridized carbons (Fsp3) is 0.600. The Morgan fingerprint density at radius 3 is 2.73 bits per heavy atom. The fourth-order valence-corrected chi connectivity index (χ4v) is 4.65. The second kappa shape index (κ2) is 6.24. The van der Waals surface area contributed by atoms with E-state index < -0.39 is 9.84 Å². The molecular formula is C15H21N3O3S. The molecule has 1 aliphatic carbocycles. The molecule has 2 amide bonds. The third-order valence-corrected chi connectivity index (χ3v) is 6.01. The number of hydrogen-bond acceptors (Lipinski definition) is 4. The molecule has 22 heavy (non-hydrogen) atoms. The highest BCUT2D eigenvalue weighted by Crippen LogP contribution is 2.28. The fourth-order valence-electron chi connectivity index (χ4n) is 2.79. The summed E-state index contributed by atoms with van der Waals surface area (Å²) in [7, 11) is -2.89. The zero-order chi connectivity index (χ0) is 15.6. The topological polar surface area (TPSA) is 79.4 Å². The van der Waals surface area contributed by atoms with Crippen molar-refractivity contribution in [1.82, 2.24) is 15.2 Å². The molecule has 1 saturated carbocycles. The molecule has 1 atom stereocenters. The first-order chi connectivity index (χ1) is 10.5. The first-order valence-corrected chi connectivity index (χ1v) is 9.50. The third-order valence-electron chi connectivity index (χ3n) is 4.18. The Kier molecular flexibility index (Phi) is 4.33. The van der Waals surface area contributed by atoms with Gasteiger partial charge in [0.2, 0.25) is 0 Å². The van der Waals surface area contributed by atoms with Crippen molar-refractivity contribution in [3.63, 3.8) is 0 Å². The summed E-state index contributed by atoms with van der Waals surface area (Å²) in [6.45, 7) is 0.934. The highest BCUT2D eigenvalue weighted by atomic mass is 32.2. The van der Waals surface area contributed by atoms with Gasteiger partial charge in [0.25, 0.3) is 0 Å². The van der Waals surface area contributed by atoms with Crippen molar-refractivity contribution in [1.29, 1.82) is 0 Å². The van der Waals surface area contributed by atoms with Gasteiger partial charge in [-0.1, -0.05) is 6.07 Å². The molecule has 2 heterocycles. The van der Waals surface area contributed by atoms with Crippen molar-refractivity contribution >= 4 is 15.9 Å². The average Bonchev–Trinajstić information content (AvgIpc) is 3.27. The van der Waals surface area contributed by atoms with Gasteiger partial charge in [-0.25, -0.2) is 13.2 Å². The van der Waals surface area contributed by atoms with Crippen LogP contribution >= 0.6 is 0 Å². The minimum absolute atomic E-state index is 0.0462. The van der Waals surface area contributed by atoms with Crippen molar-refractivity contribution < 1.29 is 13.2 Å². The van der Waals surface area contributed by atoms with Gasteiger partial charge in [0.15, 0.2) is 9.84 Å². The summed E-state index contributed by atoms with van der Waals surface area (Å²) in [5.41, 5.74) is 0.869. The van der Waals surface area contributed by atoms with Crippen LogP contribution in [0.25, 0.3) is 0 Å². The average molecular weight is 323 g/mol. The molecular weight excluding hydrogens is 302 g/mol. The lowest BCUT2D eigenvalue weighted by molar-refractivity contribution is 0.190. The van der Waals surface area contributed by atoms with Crippen molar-refractivity contribution in [3.05, 3.63) is 30.1 Å². The summed E-state index contributed by atoms with van der Waals surface area (Å²) < 4.78 is 22.9. The Bertz CT molecular complexity index is 629. The smallest absolute Gasteiger partial charge is 0.318 e. The molecule has 1 aliphatic heterocycles. The molecule has 0 radical (unpaired) electrons. The van der Waals surface area contributed by atoms with Crippen LogP contribution in [0.5, 0.6) is 0 Å². The zero-order valence-corrected chi connectivity index (χ0v) is 13.3. The summed E-state index contributed by atoms with van der Waals surface area (Å²) in [5.74, 6) is 0.481. The maximum Gasteiger partial charge on any atom is 0.318 e. The largest absolute Gasteiger partial charge is 0.338 e. The van der Waals surface area contributed by atoms with Gasteiger partial charge < -0.3 is 10.2 Å². The molecule has 0 bridgehead atoms. The Morgan fingerprint density at radius 1 is 1.32 bits per heavy atom. The quantitative estimate of drug-likeness (QED) is 0.883. The van der Waals surface area contributed by atoms with E-state index in [0.29, 0.717) is 19.5 Å². The highest BCUT2D eigenvalue weighted by molar-refractivity contribution is 7.91. The normalized spacial score (nSPS) is 23.2. The van der Waals surface area contributed by atoms with Gasteiger partial charge in [-0.05, 0) is 37.3 Å². The van der Waals surface area contributed by atoms with Crippen LogP contribution in [0.15, 0.2) is 24.4 Å². The number of carbonyl (C=O) groups is 1. The number of nitrogens with zero attached hydrogens (tertiary/aromatic N) is 2. The number of pyridine rings is 1. The molecule has 120 valence electrons. The first kappa shape index (κ1) is 15.3. The molecule has 1 N–H and O–H groups in total. The van der Waals surface area contributed by atoms with Gasteiger partial charge in [-0.2, -0.15) is 0 Å². The molecule has 1 aromatic heterocycles. The van der Waals surface area contributed by atoms with Gasteiger partial charge in [0, 0.05) is 18.8 Å². The lowest BCUT2D eigenvalue weighted by atomic mass is 10.1. The van der Waals surface area contributed by atoms with Crippen molar-refractivity contribution in [2.75, 3.05) is 18.1 Å². The predicted molar refractivity (Wildman–Crippen MR) is 83.0 cm³/mol. The van der Waals surface area contributed by atoms with E-state index in [2.05, 4.69) is 10.3 Å². The van der Waals surface area contributed by atoms with E-state index in [1.54, 1.807) is 6.20 Å². The number of carbonyl (C=O) groups excluding carboxylic acids is 1. The number of urea groups is 1. The predicted octanol–water partition coefficient (Wildman–Crippen LogP) is 1.19. The Morgan fingerprint density at radius 2 is 2.14 bits per heavy atom. The Balaban J connectivity index is 1.54. The molecule has 0 aromatic carbocycles. The van der Waals surface area contributed by atoms with Crippen LogP contribution in [-0.2, 0) is 16.4 Å². The zero-order valence-electron chi connectivity index (χ0n) is 12.4.